The summed E-state index contributed by atoms with van der Waals surface area (Å²) in [5.74, 6) is -1.39. The zero-order valence-electron chi connectivity index (χ0n) is 16.4. The van der Waals surface area contributed by atoms with Crippen molar-refractivity contribution in [2.75, 3.05) is 25.0 Å². The Hall–Kier alpha value is -2.74. The first-order valence-electron chi connectivity index (χ1n) is 9.38. The summed E-state index contributed by atoms with van der Waals surface area (Å²) in [6, 6.07) is 7.85. The fourth-order valence-electron chi connectivity index (χ4n) is 3.12. The van der Waals surface area contributed by atoms with Crippen LogP contribution in [-0.2, 0) is 19.6 Å². The van der Waals surface area contributed by atoms with E-state index in [4.69, 9.17) is 10.00 Å². The quantitative estimate of drug-likeness (QED) is 0.681. The van der Waals surface area contributed by atoms with Crippen LogP contribution in [0, 0.1) is 18.3 Å². The Bertz CT molecular complexity index is 1100. The fraction of sp³-hybridized carbons (Fsp3) is 0.350. The van der Waals surface area contributed by atoms with Gasteiger partial charge in [0.15, 0.2) is 6.61 Å². The van der Waals surface area contributed by atoms with Gasteiger partial charge in [-0.25, -0.2) is 13.2 Å². The molecule has 0 aliphatic carbocycles. The Labute approximate surface area is 179 Å². The van der Waals surface area contributed by atoms with Crippen LogP contribution in [0.3, 0.4) is 0 Å². The minimum atomic E-state index is -3.70. The molecule has 1 fully saturated rings. The number of ether oxygens (including phenoxy) is 1. The van der Waals surface area contributed by atoms with E-state index in [2.05, 4.69) is 5.32 Å². The van der Waals surface area contributed by atoms with Crippen LogP contribution in [0.5, 0.6) is 0 Å². The van der Waals surface area contributed by atoms with Gasteiger partial charge < -0.3 is 10.1 Å². The lowest BCUT2D eigenvalue weighted by molar-refractivity contribution is -0.119. The summed E-state index contributed by atoms with van der Waals surface area (Å²) in [6.45, 7) is 2.05. The lowest BCUT2D eigenvalue weighted by atomic mass is 10.1. The van der Waals surface area contributed by atoms with E-state index in [-0.39, 0.29) is 10.5 Å². The predicted molar refractivity (Wildman–Crippen MR) is 112 cm³/mol. The molecule has 0 unspecified atom stereocenters. The monoisotopic (exact) mass is 447 g/mol. The number of anilines is 1. The molecule has 1 aromatic carbocycles. The number of piperidine rings is 1. The van der Waals surface area contributed by atoms with Gasteiger partial charge in [-0.15, -0.1) is 11.3 Å². The minimum absolute atomic E-state index is 0.0535. The van der Waals surface area contributed by atoms with E-state index < -0.39 is 28.5 Å². The van der Waals surface area contributed by atoms with E-state index in [9.17, 15) is 18.0 Å². The first-order chi connectivity index (χ1) is 14.3. The summed E-state index contributed by atoms with van der Waals surface area (Å²) in [7, 11) is -3.70. The van der Waals surface area contributed by atoms with Gasteiger partial charge in [0.05, 0.1) is 16.0 Å². The van der Waals surface area contributed by atoms with Gasteiger partial charge in [-0.05, 0) is 48.9 Å². The Morgan fingerprint density at radius 3 is 2.67 bits per heavy atom. The molecule has 0 radical (unpaired) electrons. The molecule has 158 valence electrons. The van der Waals surface area contributed by atoms with Crippen molar-refractivity contribution >= 4 is 38.2 Å². The number of amides is 1. The number of carbonyl (C=O) groups excluding carboxylic acids is 2. The average Bonchev–Trinajstić information content (AvgIpc) is 3.19. The van der Waals surface area contributed by atoms with E-state index in [1.165, 1.54) is 27.8 Å². The predicted octanol–water partition coefficient (Wildman–Crippen LogP) is 2.90. The van der Waals surface area contributed by atoms with Gasteiger partial charge in [0, 0.05) is 13.1 Å². The number of rotatable bonds is 6. The summed E-state index contributed by atoms with van der Waals surface area (Å²) >= 11 is 1.19. The number of benzene rings is 1. The van der Waals surface area contributed by atoms with Crippen molar-refractivity contribution in [3.63, 3.8) is 0 Å². The van der Waals surface area contributed by atoms with Crippen LogP contribution in [0.1, 0.15) is 40.7 Å². The number of nitrogens with one attached hydrogen (secondary N) is 1. The third kappa shape index (κ3) is 4.87. The molecule has 2 heterocycles. The van der Waals surface area contributed by atoms with Crippen LogP contribution < -0.4 is 5.32 Å². The van der Waals surface area contributed by atoms with Gasteiger partial charge in [0.25, 0.3) is 5.91 Å². The molecule has 1 amide bonds. The molecule has 0 saturated carbocycles. The van der Waals surface area contributed by atoms with Crippen molar-refractivity contribution in [1.82, 2.24) is 4.31 Å². The molecule has 0 spiro atoms. The second-order valence-electron chi connectivity index (χ2n) is 6.84. The molecule has 0 bridgehead atoms. The van der Waals surface area contributed by atoms with Crippen LogP contribution in [0.4, 0.5) is 5.00 Å². The van der Waals surface area contributed by atoms with Crippen LogP contribution in [-0.4, -0.2) is 44.3 Å². The molecule has 2 aromatic rings. The van der Waals surface area contributed by atoms with Gasteiger partial charge in [-0.1, -0.05) is 12.5 Å². The van der Waals surface area contributed by atoms with E-state index in [1.54, 1.807) is 24.4 Å². The molecule has 0 atom stereocenters. The smallest absolute Gasteiger partial charge is 0.338 e. The van der Waals surface area contributed by atoms with Gasteiger partial charge in [0.1, 0.15) is 11.1 Å². The Morgan fingerprint density at radius 2 is 1.97 bits per heavy atom. The van der Waals surface area contributed by atoms with Crippen molar-refractivity contribution in [3.05, 3.63) is 46.3 Å². The largest absolute Gasteiger partial charge is 0.452 e. The molecule has 8 nitrogen and oxygen atoms in total. The number of carbonyl (C=O) groups is 2. The first kappa shape index (κ1) is 22.0. The van der Waals surface area contributed by atoms with Gasteiger partial charge in [-0.2, -0.15) is 9.57 Å². The third-order valence-corrected chi connectivity index (χ3v) is 7.60. The first-order valence-corrected chi connectivity index (χ1v) is 11.7. The highest BCUT2D eigenvalue weighted by Gasteiger charge is 2.28. The Morgan fingerprint density at radius 1 is 1.23 bits per heavy atom. The maximum absolute atomic E-state index is 13.0. The van der Waals surface area contributed by atoms with Crippen molar-refractivity contribution in [3.8, 4) is 6.07 Å². The second-order valence-corrected chi connectivity index (χ2v) is 9.67. The molecule has 3 rings (SSSR count). The Balaban J connectivity index is 1.68. The molecule has 1 aromatic heterocycles. The van der Waals surface area contributed by atoms with Crippen LogP contribution in [0.2, 0.25) is 0 Å². The number of nitrogens with zero attached hydrogens (tertiary/aromatic N) is 2. The van der Waals surface area contributed by atoms with E-state index in [0.29, 0.717) is 29.2 Å². The van der Waals surface area contributed by atoms with Crippen molar-refractivity contribution in [2.45, 2.75) is 31.1 Å². The van der Waals surface area contributed by atoms with Crippen LogP contribution in [0.25, 0.3) is 0 Å². The number of hydrogen-bond donors (Lipinski definition) is 1. The lowest BCUT2D eigenvalue weighted by Gasteiger charge is -2.26. The Kier molecular flexibility index (Phi) is 6.87. The standard InChI is InChI=1S/C20H21N3O5S2/c1-14-5-6-15(11-17(14)30(26,27)23-8-3-2-4-9-23)20(25)28-13-18(24)22-19-16(12-21)7-10-29-19/h5-7,10-11H,2-4,8-9,13H2,1H3,(H,22,24). The number of sulfonamides is 1. The molecule has 10 heteroatoms. The van der Waals surface area contributed by atoms with Crippen molar-refractivity contribution in [2.24, 2.45) is 0 Å². The van der Waals surface area contributed by atoms with E-state index >= 15 is 0 Å². The molecular formula is C20H21N3O5S2. The van der Waals surface area contributed by atoms with Crippen molar-refractivity contribution in [1.29, 1.82) is 5.26 Å². The summed E-state index contributed by atoms with van der Waals surface area (Å²) in [6.07, 6.45) is 2.63. The summed E-state index contributed by atoms with van der Waals surface area (Å²) in [4.78, 5) is 24.5. The highest BCUT2D eigenvalue weighted by molar-refractivity contribution is 7.89. The number of esters is 1. The summed E-state index contributed by atoms with van der Waals surface area (Å²) < 4.78 is 32.4. The van der Waals surface area contributed by atoms with E-state index in [0.717, 1.165) is 19.3 Å². The van der Waals surface area contributed by atoms with Gasteiger partial charge in [0.2, 0.25) is 10.0 Å². The molecular weight excluding hydrogens is 426 g/mol. The zero-order valence-corrected chi connectivity index (χ0v) is 18.0. The van der Waals surface area contributed by atoms with E-state index in [1.807, 2.05) is 6.07 Å². The molecule has 1 aliphatic rings. The number of hydrogen-bond acceptors (Lipinski definition) is 7. The van der Waals surface area contributed by atoms with Gasteiger partial charge >= 0.3 is 5.97 Å². The van der Waals surface area contributed by atoms with Gasteiger partial charge in [-0.3, -0.25) is 4.79 Å². The topological polar surface area (TPSA) is 117 Å². The molecule has 1 aliphatic heterocycles. The number of aryl methyl sites for hydroxylation is 1. The lowest BCUT2D eigenvalue weighted by Crippen LogP contribution is -2.36. The maximum Gasteiger partial charge on any atom is 0.338 e. The molecule has 30 heavy (non-hydrogen) atoms. The normalized spacial score (nSPS) is 14.7. The zero-order chi connectivity index (χ0) is 21.7. The third-order valence-electron chi connectivity index (χ3n) is 4.73. The fourth-order valence-corrected chi connectivity index (χ4v) is 5.64. The van der Waals surface area contributed by atoms with Crippen LogP contribution in [0.15, 0.2) is 34.5 Å². The SMILES string of the molecule is Cc1ccc(C(=O)OCC(=O)Nc2sccc2C#N)cc1S(=O)(=O)N1CCCCC1. The summed E-state index contributed by atoms with van der Waals surface area (Å²) in [5.41, 5.74) is 0.917. The number of thiophene rings is 1. The average molecular weight is 448 g/mol. The minimum Gasteiger partial charge on any atom is -0.452 e. The second kappa shape index (κ2) is 9.38. The van der Waals surface area contributed by atoms with Crippen molar-refractivity contribution < 1.29 is 22.7 Å². The summed E-state index contributed by atoms with van der Waals surface area (Å²) in [5, 5.41) is 13.5. The molecule has 1 saturated heterocycles. The van der Waals surface area contributed by atoms with Crippen LogP contribution >= 0.6 is 11.3 Å². The molecule has 1 N–H and O–H groups in total. The highest BCUT2D eigenvalue weighted by atomic mass is 32.2. The number of nitriles is 1. The highest BCUT2D eigenvalue weighted by Crippen LogP contribution is 2.25. The maximum atomic E-state index is 13.0.